The Morgan fingerprint density at radius 3 is 0.701 bits per heavy atom. The largest absolute Gasteiger partial charge is 0.472 e. The van der Waals surface area contributed by atoms with E-state index >= 15 is 0 Å². The summed E-state index contributed by atoms with van der Waals surface area (Å²) >= 11 is 0. The lowest BCUT2D eigenvalue weighted by molar-refractivity contribution is -0.161. The third-order valence-electron chi connectivity index (χ3n) is 18.2. The molecule has 3 N–H and O–H groups in total. The van der Waals surface area contributed by atoms with E-state index in [1.165, 1.54) is 218 Å². The number of hydrogen-bond acceptors (Lipinski definition) is 15. The molecular formula is C78H152O17P2. The van der Waals surface area contributed by atoms with E-state index in [-0.39, 0.29) is 25.7 Å². The van der Waals surface area contributed by atoms with Crippen molar-refractivity contribution in [3.63, 3.8) is 0 Å². The third-order valence-corrected chi connectivity index (χ3v) is 20.1. The Kier molecular flexibility index (Phi) is 68.4. The smallest absolute Gasteiger partial charge is 0.462 e. The van der Waals surface area contributed by atoms with Gasteiger partial charge in [0.25, 0.3) is 0 Å². The summed E-state index contributed by atoms with van der Waals surface area (Å²) < 4.78 is 68.5. The van der Waals surface area contributed by atoms with Gasteiger partial charge in [0.1, 0.15) is 19.3 Å². The zero-order valence-electron chi connectivity index (χ0n) is 63.4. The highest BCUT2D eigenvalue weighted by Gasteiger charge is 2.30. The summed E-state index contributed by atoms with van der Waals surface area (Å²) in [6.07, 6.45) is 58.4. The van der Waals surface area contributed by atoms with Crippen molar-refractivity contribution < 1.29 is 80.2 Å². The molecule has 0 rings (SSSR count). The van der Waals surface area contributed by atoms with Crippen molar-refractivity contribution in [3.05, 3.63) is 0 Å². The van der Waals surface area contributed by atoms with Crippen molar-refractivity contribution in [1.82, 2.24) is 0 Å². The second-order valence-corrected chi connectivity index (χ2v) is 32.0. The molecular weight excluding hydrogens is 1270 g/mol. The van der Waals surface area contributed by atoms with Crippen molar-refractivity contribution >= 4 is 39.5 Å². The molecule has 0 aromatic carbocycles. The summed E-state index contributed by atoms with van der Waals surface area (Å²) in [7, 11) is -9.91. The van der Waals surface area contributed by atoms with Gasteiger partial charge in [0.05, 0.1) is 26.4 Å². The molecule has 0 spiro atoms. The summed E-state index contributed by atoms with van der Waals surface area (Å²) in [5.74, 6) is -0.559. The first-order chi connectivity index (χ1) is 46.9. The van der Waals surface area contributed by atoms with Crippen LogP contribution in [0.4, 0.5) is 0 Å². The van der Waals surface area contributed by atoms with E-state index in [2.05, 4.69) is 41.5 Å². The van der Waals surface area contributed by atoms with Gasteiger partial charge in [-0.1, -0.05) is 356 Å². The SMILES string of the molecule is CCCCCCCCCCCCCCCCCCC(=O)OC[C@H](COP(=O)(O)OC[C@@H](O)COP(=O)(O)OC[C@@H](COC(=O)CCCCCCCCCC)OC(=O)CCCCCCCCCCCC(C)C)OC(=O)CCCCCCCCCCCCCCCCCCCCC(C)C. The molecule has 5 atom stereocenters. The Hall–Kier alpha value is -1.94. The molecule has 0 aromatic rings. The fourth-order valence-corrected chi connectivity index (χ4v) is 13.6. The number of carbonyl (C=O) groups excluding carboxylic acids is 4. The number of esters is 4. The van der Waals surface area contributed by atoms with E-state index in [4.69, 9.17) is 37.0 Å². The zero-order chi connectivity index (χ0) is 71.4. The van der Waals surface area contributed by atoms with Crippen LogP contribution in [0.3, 0.4) is 0 Å². The molecule has 0 amide bonds. The number of aliphatic hydroxyl groups excluding tert-OH is 1. The maximum Gasteiger partial charge on any atom is 0.472 e. The monoisotopic (exact) mass is 1420 g/mol. The Balaban J connectivity index is 5.18. The van der Waals surface area contributed by atoms with Crippen LogP contribution in [0.2, 0.25) is 0 Å². The molecule has 0 heterocycles. The number of phosphoric ester groups is 2. The van der Waals surface area contributed by atoms with Gasteiger partial charge in [-0.25, -0.2) is 9.13 Å². The summed E-state index contributed by atoms with van der Waals surface area (Å²) in [5.41, 5.74) is 0. The fourth-order valence-electron chi connectivity index (χ4n) is 12.0. The lowest BCUT2D eigenvalue weighted by atomic mass is 10.0. The Morgan fingerprint density at radius 2 is 0.474 bits per heavy atom. The van der Waals surface area contributed by atoms with Crippen LogP contribution in [0.15, 0.2) is 0 Å². The summed E-state index contributed by atoms with van der Waals surface area (Å²) in [4.78, 5) is 72.8. The van der Waals surface area contributed by atoms with Gasteiger partial charge in [0.2, 0.25) is 0 Å². The van der Waals surface area contributed by atoms with Crippen molar-refractivity contribution in [2.24, 2.45) is 11.8 Å². The highest BCUT2D eigenvalue weighted by molar-refractivity contribution is 7.47. The van der Waals surface area contributed by atoms with E-state index in [9.17, 15) is 43.2 Å². The molecule has 17 nitrogen and oxygen atoms in total. The van der Waals surface area contributed by atoms with Gasteiger partial charge >= 0.3 is 39.5 Å². The van der Waals surface area contributed by atoms with Crippen molar-refractivity contribution in [3.8, 4) is 0 Å². The Morgan fingerprint density at radius 1 is 0.278 bits per heavy atom. The summed E-state index contributed by atoms with van der Waals surface area (Å²) in [6, 6.07) is 0. The molecule has 0 aliphatic rings. The van der Waals surface area contributed by atoms with Crippen LogP contribution in [0.1, 0.15) is 408 Å². The highest BCUT2D eigenvalue weighted by Crippen LogP contribution is 2.45. The minimum absolute atomic E-state index is 0.105. The zero-order valence-corrected chi connectivity index (χ0v) is 65.2. The third kappa shape index (κ3) is 72.2. The van der Waals surface area contributed by atoms with Crippen LogP contribution in [0, 0.1) is 11.8 Å². The van der Waals surface area contributed by atoms with Gasteiger partial charge in [-0.05, 0) is 37.5 Å². The van der Waals surface area contributed by atoms with E-state index in [0.29, 0.717) is 25.7 Å². The number of aliphatic hydroxyl groups is 1. The number of carbonyl (C=O) groups is 4. The fraction of sp³-hybridized carbons (Fsp3) is 0.949. The van der Waals surface area contributed by atoms with Gasteiger partial charge < -0.3 is 33.8 Å². The second kappa shape index (κ2) is 69.8. The number of rotatable bonds is 77. The average molecular weight is 1420 g/mol. The standard InChI is InChI=1S/C78H152O17P2/c1-7-9-11-13-15-17-18-19-20-26-29-32-37-43-49-55-61-76(81)89-67-74(94-77(82)62-56-50-44-38-33-30-27-24-22-21-23-25-28-31-35-40-46-52-58-70(3)4)69-93-97(86,87)91-65-72(79)64-90-96(84,85)92-68-73(66-88-75(80)60-54-48-42-16-14-12-10-8-2)95-78(83)63-57-51-45-39-34-36-41-47-53-59-71(5)6/h70-74,79H,7-69H2,1-6H3,(H,84,85)(H,86,87)/t72-,73+,74+/m0/s1. The minimum Gasteiger partial charge on any atom is -0.462 e. The van der Waals surface area contributed by atoms with Crippen LogP contribution >= 0.6 is 15.6 Å². The minimum atomic E-state index is -4.96. The van der Waals surface area contributed by atoms with Crippen LogP contribution in [0.25, 0.3) is 0 Å². The molecule has 0 aromatic heterocycles. The number of phosphoric acid groups is 2. The maximum absolute atomic E-state index is 13.1. The highest BCUT2D eigenvalue weighted by atomic mass is 31.2. The van der Waals surface area contributed by atoms with Gasteiger partial charge in [-0.2, -0.15) is 0 Å². The predicted octanol–water partition coefficient (Wildman–Crippen LogP) is 23.1. The second-order valence-electron chi connectivity index (χ2n) is 29.1. The van der Waals surface area contributed by atoms with E-state index in [1.54, 1.807) is 0 Å². The van der Waals surface area contributed by atoms with Crippen molar-refractivity contribution in [2.75, 3.05) is 39.6 Å². The molecule has 0 bridgehead atoms. The normalized spacial score (nSPS) is 14.0. The topological polar surface area (TPSA) is 237 Å². The molecule has 0 aliphatic carbocycles. The van der Waals surface area contributed by atoms with Crippen molar-refractivity contribution in [2.45, 2.75) is 426 Å². The number of unbranched alkanes of at least 4 members (excludes halogenated alkanes) is 47. The first-order valence-corrected chi connectivity index (χ1v) is 43.5. The van der Waals surface area contributed by atoms with E-state index in [0.717, 1.165) is 108 Å². The van der Waals surface area contributed by atoms with Gasteiger partial charge in [-0.15, -0.1) is 0 Å². The molecule has 97 heavy (non-hydrogen) atoms. The van der Waals surface area contributed by atoms with Crippen LogP contribution < -0.4 is 0 Å². The number of ether oxygens (including phenoxy) is 4. The molecule has 0 fully saturated rings. The molecule has 0 saturated heterocycles. The van der Waals surface area contributed by atoms with E-state index < -0.39 is 97.5 Å². The van der Waals surface area contributed by atoms with Crippen molar-refractivity contribution in [1.29, 1.82) is 0 Å². The molecule has 0 radical (unpaired) electrons. The lowest BCUT2D eigenvalue weighted by Crippen LogP contribution is -2.30. The van der Waals surface area contributed by atoms with Crippen LogP contribution in [-0.4, -0.2) is 96.7 Å². The average Bonchev–Trinajstić information content (AvgIpc) is 1.17. The first-order valence-electron chi connectivity index (χ1n) is 40.5. The quantitative estimate of drug-likeness (QED) is 0.0222. The number of hydrogen-bond donors (Lipinski definition) is 3. The molecule has 2 unspecified atom stereocenters. The molecule has 0 saturated carbocycles. The lowest BCUT2D eigenvalue weighted by Gasteiger charge is -2.21. The Bertz CT molecular complexity index is 1870. The van der Waals surface area contributed by atoms with E-state index in [1.807, 2.05) is 0 Å². The van der Waals surface area contributed by atoms with Crippen LogP contribution in [0.5, 0.6) is 0 Å². The Labute approximate surface area is 594 Å². The first kappa shape index (κ1) is 95.1. The van der Waals surface area contributed by atoms with Gasteiger partial charge in [0, 0.05) is 25.7 Å². The molecule has 576 valence electrons. The predicted molar refractivity (Wildman–Crippen MR) is 395 cm³/mol. The summed E-state index contributed by atoms with van der Waals surface area (Å²) in [5, 5.41) is 10.6. The van der Waals surface area contributed by atoms with Crippen LogP contribution in [-0.2, 0) is 65.4 Å². The molecule has 19 heteroatoms. The van der Waals surface area contributed by atoms with Gasteiger partial charge in [0.15, 0.2) is 12.2 Å². The van der Waals surface area contributed by atoms with Gasteiger partial charge in [-0.3, -0.25) is 37.3 Å². The maximum atomic E-state index is 13.1. The molecule has 0 aliphatic heterocycles. The summed E-state index contributed by atoms with van der Waals surface area (Å²) in [6.45, 7) is 9.60.